The lowest BCUT2D eigenvalue weighted by atomic mass is 10.1. The predicted octanol–water partition coefficient (Wildman–Crippen LogP) is 2.59. The van der Waals surface area contributed by atoms with Crippen LogP contribution in [0.2, 0.25) is 0 Å². The Kier molecular flexibility index (Phi) is 2.04. The van der Waals surface area contributed by atoms with Crippen LogP contribution in [0.5, 0.6) is 0 Å². The maximum Gasteiger partial charge on any atom is 0.0422 e. The topological polar surface area (TPSA) is 12.4 Å². The molecule has 0 bridgehead atoms. The Morgan fingerprint density at radius 3 is 2.33 bits per heavy atom. The molecule has 0 saturated carbocycles. The molecular formula is C11H11N. The zero-order valence-electron chi connectivity index (χ0n) is 6.90. The standard InChI is InChI=1S/C11H11N/c1-2-4-10(5-3-1)6-7-11-8-9-12-11/h1-5,8-9H,6-7H2. The normalized spacial score (nSPS) is 13.8. The molecule has 60 valence electrons. The molecule has 0 atom stereocenters. The monoisotopic (exact) mass is 157 g/mol. The number of allylic oxidation sites excluding steroid dienone is 1. The molecule has 2 rings (SSSR count). The van der Waals surface area contributed by atoms with E-state index in [4.69, 9.17) is 0 Å². The van der Waals surface area contributed by atoms with E-state index in [-0.39, 0.29) is 0 Å². The van der Waals surface area contributed by atoms with Gasteiger partial charge < -0.3 is 0 Å². The molecule has 1 aliphatic heterocycles. The number of hydrogen-bond donors (Lipinski definition) is 0. The van der Waals surface area contributed by atoms with Crippen molar-refractivity contribution in [2.24, 2.45) is 4.99 Å². The fourth-order valence-electron chi connectivity index (χ4n) is 1.24. The molecule has 12 heavy (non-hydrogen) atoms. The molecule has 1 heterocycles. The summed E-state index contributed by atoms with van der Waals surface area (Å²) in [5.41, 5.74) is 2.61. The van der Waals surface area contributed by atoms with Gasteiger partial charge in [0.2, 0.25) is 0 Å². The molecule has 0 fully saturated rings. The molecule has 1 heteroatoms. The Morgan fingerprint density at radius 1 is 1.00 bits per heavy atom. The first-order valence-corrected chi connectivity index (χ1v) is 4.22. The Morgan fingerprint density at radius 2 is 1.75 bits per heavy atom. The molecule has 0 aliphatic carbocycles. The number of benzene rings is 1. The van der Waals surface area contributed by atoms with Gasteiger partial charge in [-0.1, -0.05) is 30.3 Å². The summed E-state index contributed by atoms with van der Waals surface area (Å²) in [7, 11) is 0. The largest absolute Gasteiger partial charge is 0.261 e. The molecule has 1 nitrogen and oxygen atoms in total. The fraction of sp³-hybridized carbons (Fsp3) is 0.182. The maximum absolute atomic E-state index is 4.12. The third-order valence-corrected chi connectivity index (χ3v) is 2.02. The summed E-state index contributed by atoms with van der Waals surface area (Å²) >= 11 is 0. The second kappa shape index (κ2) is 3.35. The summed E-state index contributed by atoms with van der Waals surface area (Å²) in [6, 6.07) is 10.5. The highest BCUT2D eigenvalue weighted by Crippen LogP contribution is 2.07. The summed E-state index contributed by atoms with van der Waals surface area (Å²) in [5, 5.41) is 0. The van der Waals surface area contributed by atoms with E-state index in [1.165, 1.54) is 11.3 Å². The third-order valence-electron chi connectivity index (χ3n) is 2.02. The van der Waals surface area contributed by atoms with Gasteiger partial charge in [0.15, 0.2) is 0 Å². The smallest absolute Gasteiger partial charge is 0.0422 e. The number of hydrogen-bond acceptors (Lipinski definition) is 1. The molecular weight excluding hydrogens is 146 g/mol. The van der Waals surface area contributed by atoms with Crippen LogP contribution in [0.4, 0.5) is 0 Å². The van der Waals surface area contributed by atoms with Crippen LogP contribution in [0.15, 0.2) is 47.6 Å². The van der Waals surface area contributed by atoms with E-state index in [9.17, 15) is 0 Å². The average Bonchev–Trinajstić information content (AvgIpc) is 2.04. The van der Waals surface area contributed by atoms with Crippen molar-refractivity contribution in [1.82, 2.24) is 0 Å². The third kappa shape index (κ3) is 1.62. The summed E-state index contributed by atoms with van der Waals surface area (Å²) in [6.45, 7) is 0. The highest BCUT2D eigenvalue weighted by molar-refractivity contribution is 5.99. The van der Waals surface area contributed by atoms with Crippen molar-refractivity contribution in [1.29, 1.82) is 0 Å². The van der Waals surface area contributed by atoms with Crippen molar-refractivity contribution >= 4 is 5.71 Å². The van der Waals surface area contributed by atoms with Crippen molar-refractivity contribution in [2.45, 2.75) is 12.8 Å². The van der Waals surface area contributed by atoms with E-state index in [2.05, 4.69) is 35.3 Å². The van der Waals surface area contributed by atoms with Gasteiger partial charge in [-0.3, -0.25) is 4.99 Å². The molecule has 0 unspecified atom stereocenters. The van der Waals surface area contributed by atoms with Crippen LogP contribution in [0, 0.1) is 0 Å². The highest BCUT2D eigenvalue weighted by atomic mass is 14.7. The van der Waals surface area contributed by atoms with Crippen molar-refractivity contribution < 1.29 is 0 Å². The second-order valence-corrected chi connectivity index (χ2v) is 2.92. The Balaban J connectivity index is 1.88. The van der Waals surface area contributed by atoms with Crippen molar-refractivity contribution in [3.8, 4) is 0 Å². The van der Waals surface area contributed by atoms with E-state index < -0.39 is 0 Å². The van der Waals surface area contributed by atoms with Crippen molar-refractivity contribution in [3.63, 3.8) is 0 Å². The van der Waals surface area contributed by atoms with Crippen LogP contribution in [-0.2, 0) is 6.42 Å². The molecule has 0 amide bonds. The van der Waals surface area contributed by atoms with Crippen LogP contribution in [0.25, 0.3) is 0 Å². The van der Waals surface area contributed by atoms with Gasteiger partial charge in [-0.15, -0.1) is 0 Å². The Hall–Kier alpha value is -1.37. The Bertz CT molecular complexity index is 309. The number of rotatable bonds is 3. The van der Waals surface area contributed by atoms with Crippen LogP contribution in [-0.4, -0.2) is 5.71 Å². The molecule has 0 aromatic heterocycles. The Labute approximate surface area is 72.5 Å². The molecule has 1 aromatic carbocycles. The van der Waals surface area contributed by atoms with Gasteiger partial charge in [0.05, 0.1) is 0 Å². The van der Waals surface area contributed by atoms with E-state index >= 15 is 0 Å². The molecule has 0 radical (unpaired) electrons. The minimum atomic E-state index is 1.07. The van der Waals surface area contributed by atoms with Crippen molar-refractivity contribution in [3.05, 3.63) is 48.2 Å². The van der Waals surface area contributed by atoms with Crippen molar-refractivity contribution in [2.75, 3.05) is 0 Å². The second-order valence-electron chi connectivity index (χ2n) is 2.92. The van der Waals surface area contributed by atoms with Gasteiger partial charge in [-0.05, 0) is 24.5 Å². The fourth-order valence-corrected chi connectivity index (χ4v) is 1.24. The summed E-state index contributed by atoms with van der Waals surface area (Å²) in [4.78, 5) is 4.12. The van der Waals surface area contributed by atoms with Crippen LogP contribution >= 0.6 is 0 Å². The van der Waals surface area contributed by atoms with Gasteiger partial charge in [0.1, 0.15) is 0 Å². The molecule has 0 saturated heterocycles. The maximum atomic E-state index is 4.12. The molecule has 0 spiro atoms. The van der Waals surface area contributed by atoms with Gasteiger partial charge in [-0.2, -0.15) is 0 Å². The summed E-state index contributed by atoms with van der Waals surface area (Å²) in [5.74, 6) is 0. The SMILES string of the molecule is C1=CC(CCc2ccccc2)=N1. The zero-order chi connectivity index (χ0) is 8.23. The van der Waals surface area contributed by atoms with E-state index in [0.717, 1.165) is 12.8 Å². The lowest BCUT2D eigenvalue weighted by Gasteiger charge is -2.05. The number of aryl methyl sites for hydroxylation is 1. The van der Waals surface area contributed by atoms with Gasteiger partial charge >= 0.3 is 0 Å². The van der Waals surface area contributed by atoms with E-state index in [1.807, 2.05) is 12.3 Å². The summed E-state index contributed by atoms with van der Waals surface area (Å²) in [6.07, 6.45) is 6.09. The van der Waals surface area contributed by atoms with Crippen LogP contribution in [0.3, 0.4) is 0 Å². The molecule has 1 aromatic rings. The van der Waals surface area contributed by atoms with Crippen LogP contribution < -0.4 is 0 Å². The minimum Gasteiger partial charge on any atom is -0.261 e. The zero-order valence-corrected chi connectivity index (χ0v) is 6.90. The quantitative estimate of drug-likeness (QED) is 0.639. The number of nitrogens with zero attached hydrogens (tertiary/aromatic N) is 1. The first kappa shape index (κ1) is 7.29. The summed E-state index contributed by atoms with van der Waals surface area (Å²) < 4.78 is 0. The first-order valence-electron chi connectivity index (χ1n) is 4.22. The molecule has 1 aliphatic rings. The first-order chi connectivity index (χ1) is 5.95. The van der Waals surface area contributed by atoms with E-state index in [1.54, 1.807) is 0 Å². The molecule has 0 N–H and O–H groups in total. The van der Waals surface area contributed by atoms with Crippen LogP contribution in [0.1, 0.15) is 12.0 Å². The minimum absolute atomic E-state index is 1.07. The van der Waals surface area contributed by atoms with Gasteiger partial charge in [-0.25, -0.2) is 0 Å². The van der Waals surface area contributed by atoms with E-state index in [0.29, 0.717) is 0 Å². The lowest BCUT2D eigenvalue weighted by molar-refractivity contribution is 1.03. The van der Waals surface area contributed by atoms with Gasteiger partial charge in [0, 0.05) is 11.9 Å². The average molecular weight is 157 g/mol. The predicted molar refractivity (Wildman–Crippen MR) is 51.3 cm³/mol. The number of aliphatic imine (C=N–C) groups is 1. The highest BCUT2D eigenvalue weighted by Gasteiger charge is 2.00. The lowest BCUT2D eigenvalue weighted by Crippen LogP contribution is -2.00. The van der Waals surface area contributed by atoms with Gasteiger partial charge in [0.25, 0.3) is 0 Å².